The molecule has 27 heteroatoms. The summed E-state index contributed by atoms with van der Waals surface area (Å²) >= 11 is 0. The van der Waals surface area contributed by atoms with Crippen LogP contribution < -0.4 is 0 Å². The van der Waals surface area contributed by atoms with Gasteiger partial charge in [0, 0.05) is 28.2 Å². The van der Waals surface area contributed by atoms with Crippen molar-refractivity contribution in [2.45, 2.75) is 246 Å². The lowest BCUT2D eigenvalue weighted by Crippen LogP contribution is -2.86. The Kier molecular flexibility index (Phi) is 35.0. The molecule has 0 radical (unpaired) electrons. The van der Waals surface area contributed by atoms with E-state index in [1.807, 2.05) is 34.6 Å². The second kappa shape index (κ2) is 35.7. The normalized spacial score (nSPS) is 13.6. The molecule has 0 heterocycles. The van der Waals surface area contributed by atoms with Gasteiger partial charge >= 0.3 is 17.6 Å². The van der Waals surface area contributed by atoms with E-state index in [1.165, 1.54) is 0 Å². The summed E-state index contributed by atoms with van der Waals surface area (Å²) in [5.74, 6) is -23.0. The highest BCUT2D eigenvalue weighted by Crippen LogP contribution is 2.51. The number of rotatable bonds is 48. The number of hydrogen-bond acceptors (Lipinski definition) is 12. The topological polar surface area (TPSA) is 213 Å². The van der Waals surface area contributed by atoms with Crippen molar-refractivity contribution in [3.05, 3.63) is 12.2 Å². The summed E-state index contributed by atoms with van der Waals surface area (Å²) in [5, 5.41) is 0. The highest BCUT2D eigenvalue weighted by molar-refractivity contribution is 7.91. The highest BCUT2D eigenvalue weighted by atomic mass is 32.2. The molecule has 17 nitrogen and oxygen atoms in total. The van der Waals surface area contributed by atoms with Crippen LogP contribution in [0.4, 0.5) is 22.4 Å². The van der Waals surface area contributed by atoms with E-state index in [2.05, 4.69) is 6.58 Å². The fourth-order valence-corrected chi connectivity index (χ4v) is 14.9. The number of carbonyl (C=O) groups is 1. The van der Waals surface area contributed by atoms with Crippen LogP contribution in [0.3, 0.4) is 0 Å². The predicted molar refractivity (Wildman–Crippen MR) is 277 cm³/mol. The van der Waals surface area contributed by atoms with Gasteiger partial charge in [-0.25, -0.2) is 46.9 Å². The number of ether oxygens (including phenoxy) is 1. The van der Waals surface area contributed by atoms with Gasteiger partial charge in [0.2, 0.25) is 50.1 Å². The molecule has 0 aliphatic heterocycles. The number of sulfonamides is 5. The number of esters is 1. The Morgan fingerprint density at radius 1 is 0.356 bits per heavy atom. The highest BCUT2D eigenvalue weighted by Gasteiger charge is 2.85. The van der Waals surface area contributed by atoms with E-state index < -0.39 is 157 Å². The third-order valence-corrected chi connectivity index (χ3v) is 20.0. The first-order valence-corrected chi connectivity index (χ1v) is 34.5. The summed E-state index contributed by atoms with van der Waals surface area (Å²) in [5.41, 5.74) is -1.09. The summed E-state index contributed by atoms with van der Waals surface area (Å²) in [6.45, 7) is 13.2. The minimum Gasteiger partial charge on any atom is -0.414 e. The second-order valence-electron chi connectivity index (χ2n) is 18.9. The molecule has 0 saturated carbocycles. The Morgan fingerprint density at radius 2 is 0.534 bits per heavy atom. The van der Waals surface area contributed by atoms with Crippen molar-refractivity contribution in [3.63, 3.8) is 0 Å². The molecule has 0 aromatic rings. The van der Waals surface area contributed by atoms with Gasteiger partial charge in [0.25, 0.3) is 0 Å². The maximum atomic E-state index is 18.4. The molecular formula is C46H90F5N5O12S5. The van der Waals surface area contributed by atoms with Crippen molar-refractivity contribution >= 4 is 56.1 Å². The fourth-order valence-electron chi connectivity index (χ4n) is 7.87. The predicted octanol–water partition coefficient (Wildman–Crippen LogP) is 11.8. The van der Waals surface area contributed by atoms with E-state index in [0.717, 1.165) is 12.8 Å². The molecule has 436 valence electrons. The quantitative estimate of drug-likeness (QED) is 0.0139. The average Bonchev–Trinajstić information content (AvgIpc) is 3.33. The first-order valence-electron chi connectivity index (χ1n) is 26.5. The smallest absolute Gasteiger partial charge is 0.362 e. The third-order valence-electron chi connectivity index (χ3n) is 12.2. The number of nitrogens with zero attached hydrogens (tertiary/aromatic N) is 5. The van der Waals surface area contributed by atoms with Gasteiger partial charge in [0.15, 0.2) is 0 Å². The zero-order valence-corrected chi connectivity index (χ0v) is 48.6. The van der Waals surface area contributed by atoms with Gasteiger partial charge in [0.1, 0.15) is 0 Å². The molecule has 0 unspecified atom stereocenters. The molecule has 0 fully saturated rings. The molecule has 0 rings (SSSR count). The summed E-state index contributed by atoms with van der Waals surface area (Å²) < 4.78 is 230. The maximum Gasteiger partial charge on any atom is 0.362 e. The van der Waals surface area contributed by atoms with E-state index in [0.29, 0.717) is 90.4 Å². The van der Waals surface area contributed by atoms with Crippen LogP contribution in [0.1, 0.15) is 234 Å². The van der Waals surface area contributed by atoms with Crippen LogP contribution in [0.5, 0.6) is 0 Å². The van der Waals surface area contributed by atoms with E-state index >= 15 is 22.4 Å². The van der Waals surface area contributed by atoms with E-state index in [4.69, 9.17) is 4.74 Å². The SMILES string of the molecule is C=C(C)C(=O)OC(N(F)S(=O)(=O)CCCCCCCC)(N(F)S(=O)(=O)CCCCCCCC)C(N(F)S(=O)(=O)CCCCCCCC)(N(F)S(=O)(=O)CCCCCCCC)N(F)S(=O)(=O)CCCCCCCC. The number of carbonyl (C=O) groups excluding carboxylic acids is 1. The van der Waals surface area contributed by atoms with Crippen LogP contribution in [0.15, 0.2) is 12.2 Å². The average molecular weight is 1160 g/mol. The molecule has 0 aromatic heterocycles. The molecule has 0 N–H and O–H groups in total. The molecule has 73 heavy (non-hydrogen) atoms. The molecule has 0 saturated heterocycles. The number of unbranched alkanes of at least 4 members (excludes halogenated alkanes) is 25. The van der Waals surface area contributed by atoms with Crippen LogP contribution in [-0.2, 0) is 59.6 Å². The van der Waals surface area contributed by atoms with Crippen molar-refractivity contribution in [1.29, 1.82) is 0 Å². The van der Waals surface area contributed by atoms with Gasteiger partial charge in [-0.2, -0.15) is 0 Å². The minimum absolute atomic E-state index is 0.0575. The molecule has 0 aliphatic rings. The van der Waals surface area contributed by atoms with Gasteiger partial charge in [-0.3, -0.25) is 0 Å². The lowest BCUT2D eigenvalue weighted by molar-refractivity contribution is -0.409. The number of halogens is 5. The zero-order valence-electron chi connectivity index (χ0n) is 44.5. The van der Waals surface area contributed by atoms with Crippen LogP contribution >= 0.6 is 0 Å². The first-order chi connectivity index (χ1) is 34.2. The summed E-state index contributed by atoms with van der Waals surface area (Å²) in [6.07, 6.45) is 7.33. The lowest BCUT2D eigenvalue weighted by atomic mass is 10.1. The van der Waals surface area contributed by atoms with Crippen molar-refractivity contribution in [3.8, 4) is 0 Å². The van der Waals surface area contributed by atoms with Crippen molar-refractivity contribution in [2.24, 2.45) is 0 Å². The lowest BCUT2D eigenvalue weighted by Gasteiger charge is -2.52. The van der Waals surface area contributed by atoms with Gasteiger partial charge in [-0.05, 0) is 39.0 Å². The van der Waals surface area contributed by atoms with Gasteiger partial charge in [0.05, 0.1) is 28.8 Å². The third kappa shape index (κ3) is 22.4. The van der Waals surface area contributed by atoms with Crippen molar-refractivity contribution in [2.75, 3.05) is 28.8 Å². The second-order valence-corrected chi connectivity index (χ2v) is 28.4. The molecule has 0 aliphatic carbocycles. The summed E-state index contributed by atoms with van der Waals surface area (Å²) in [4.78, 5) is 13.9. The summed E-state index contributed by atoms with van der Waals surface area (Å²) in [6, 6.07) is 0. The molecule has 0 spiro atoms. The van der Waals surface area contributed by atoms with E-state index in [-0.39, 0.29) is 64.2 Å². The molecule has 0 aromatic carbocycles. The molecule has 0 bridgehead atoms. The molecular weight excluding hydrogens is 1070 g/mol. The van der Waals surface area contributed by atoms with Crippen molar-refractivity contribution in [1.82, 2.24) is 22.6 Å². The Hall–Kier alpha value is -1.59. The Balaban J connectivity index is 9.43. The fraction of sp³-hybridized carbons (Fsp3) is 0.935. The Bertz CT molecular complexity index is 1970. The largest absolute Gasteiger partial charge is 0.414 e. The monoisotopic (exact) mass is 1160 g/mol. The maximum absolute atomic E-state index is 18.4. The molecule has 0 amide bonds. The standard InChI is InChI=1S/C46H90F5N5O12S5/c1-8-13-18-23-28-33-38-69(58,59)52(47)45(53(48)70(60,61)39-34-29-24-19-14-9-2,54(49)71(62,63)40-35-30-25-20-15-10-3)46(68-44(57)43(6)7,55(50)72(64,65)41-36-31-26-21-16-11-4)56(51)73(66,67)42-37-32-27-22-17-12-5/h6,8-42H2,1-5,7H3. The van der Waals surface area contributed by atoms with Crippen LogP contribution in [-0.4, -0.2) is 111 Å². The minimum atomic E-state index is -6.46. The van der Waals surface area contributed by atoms with Gasteiger partial charge < -0.3 is 4.74 Å². The zero-order chi connectivity index (χ0) is 56.0. The van der Waals surface area contributed by atoms with Gasteiger partial charge in [-0.15, -0.1) is 22.4 Å². The summed E-state index contributed by atoms with van der Waals surface area (Å²) in [7, 11) is -32.2. The van der Waals surface area contributed by atoms with E-state index in [1.54, 1.807) is 0 Å². The first kappa shape index (κ1) is 71.4. The van der Waals surface area contributed by atoms with E-state index in [9.17, 15) is 46.9 Å². The van der Waals surface area contributed by atoms with Crippen LogP contribution in [0, 0.1) is 0 Å². The Morgan fingerprint density at radius 3 is 0.726 bits per heavy atom. The van der Waals surface area contributed by atoms with Gasteiger partial charge in [-0.1, -0.05) is 202 Å². The van der Waals surface area contributed by atoms with Crippen LogP contribution in [0.2, 0.25) is 0 Å². The van der Waals surface area contributed by atoms with Crippen molar-refractivity contribution < 1.29 is 74.0 Å². The molecule has 0 atom stereocenters. The van der Waals surface area contributed by atoms with Crippen LogP contribution in [0.25, 0.3) is 0 Å². The number of hydrogen-bond donors (Lipinski definition) is 0. The Labute approximate surface area is 437 Å².